The van der Waals surface area contributed by atoms with Gasteiger partial charge in [0.05, 0.1) is 6.04 Å². The fraction of sp³-hybridized carbons (Fsp3) is 0.588. The fourth-order valence-electron chi connectivity index (χ4n) is 4.26. The van der Waals surface area contributed by atoms with Crippen molar-refractivity contribution in [3.63, 3.8) is 0 Å². The summed E-state index contributed by atoms with van der Waals surface area (Å²) in [6.45, 7) is 3.82. The lowest BCUT2D eigenvalue weighted by molar-refractivity contribution is -0.144. The van der Waals surface area contributed by atoms with Crippen LogP contribution in [0.2, 0.25) is 0 Å². The number of hydrogen-bond acceptors (Lipinski definition) is 3. The maximum atomic E-state index is 13.1. The lowest BCUT2D eigenvalue weighted by Crippen LogP contribution is -2.49. The zero-order valence-electron chi connectivity index (χ0n) is 12.5. The molecule has 0 radical (unpaired) electrons. The minimum Gasteiger partial charge on any atom is -0.339 e. The molecule has 4 nitrogen and oxygen atoms in total. The Kier molecular flexibility index (Phi) is 2.88. The molecule has 3 heterocycles. The van der Waals surface area contributed by atoms with Crippen molar-refractivity contribution in [2.45, 2.75) is 50.0 Å². The number of amides is 1. The number of rotatable bonds is 1. The fourth-order valence-corrected chi connectivity index (χ4v) is 4.26. The van der Waals surface area contributed by atoms with Crippen LogP contribution in [0, 0.1) is 0 Å². The lowest BCUT2D eigenvalue weighted by Gasteiger charge is -2.32. The van der Waals surface area contributed by atoms with Gasteiger partial charge in [-0.05, 0) is 51.3 Å². The average molecular weight is 286 g/mol. The van der Waals surface area contributed by atoms with E-state index in [-0.39, 0.29) is 11.9 Å². The van der Waals surface area contributed by atoms with E-state index in [2.05, 4.69) is 24.4 Å². The van der Waals surface area contributed by atoms with E-state index >= 15 is 0 Å². The van der Waals surface area contributed by atoms with E-state index < -0.39 is 11.3 Å². The van der Waals surface area contributed by atoms with E-state index in [0.29, 0.717) is 0 Å². The molecule has 4 rings (SSSR count). The van der Waals surface area contributed by atoms with Crippen LogP contribution in [0.3, 0.4) is 0 Å². The summed E-state index contributed by atoms with van der Waals surface area (Å²) in [7, 11) is 0. The maximum Gasteiger partial charge on any atom is 0.257 e. The number of piperidine rings is 1. The van der Waals surface area contributed by atoms with Gasteiger partial charge in [-0.2, -0.15) is 0 Å². The summed E-state index contributed by atoms with van der Waals surface area (Å²) in [6.07, 6.45) is 3.49. The molecular weight excluding hydrogens is 264 g/mol. The van der Waals surface area contributed by atoms with Gasteiger partial charge in [0.15, 0.2) is 5.60 Å². The Labute approximate surface area is 125 Å². The lowest BCUT2D eigenvalue weighted by atomic mass is 9.90. The van der Waals surface area contributed by atoms with E-state index in [0.717, 1.165) is 38.8 Å². The standard InChI is InChI=1S/C17H22N2O2/c1-16-8-7-14(13-5-3-2-4-6-13)19(16)15(20)17(21-16)9-11-18-12-10-17/h2-6,14,18H,7-12H2,1H3/t14-,16+/m0/s1. The van der Waals surface area contributed by atoms with Crippen molar-refractivity contribution < 1.29 is 9.53 Å². The van der Waals surface area contributed by atoms with E-state index in [1.165, 1.54) is 5.56 Å². The number of ether oxygens (including phenoxy) is 1. The van der Waals surface area contributed by atoms with Crippen molar-refractivity contribution in [1.29, 1.82) is 0 Å². The number of fused-ring (bicyclic) bond motifs is 1. The van der Waals surface area contributed by atoms with Crippen molar-refractivity contribution in [2.24, 2.45) is 0 Å². The van der Waals surface area contributed by atoms with Crippen LogP contribution < -0.4 is 5.32 Å². The maximum absolute atomic E-state index is 13.1. The number of benzene rings is 1. The molecule has 2 atom stereocenters. The predicted octanol–water partition coefficient (Wildman–Crippen LogP) is 2.22. The summed E-state index contributed by atoms with van der Waals surface area (Å²) in [4.78, 5) is 15.2. The van der Waals surface area contributed by atoms with Crippen molar-refractivity contribution in [1.82, 2.24) is 10.2 Å². The number of nitrogens with zero attached hydrogens (tertiary/aromatic N) is 1. The van der Waals surface area contributed by atoms with Crippen molar-refractivity contribution in [3.8, 4) is 0 Å². The first-order chi connectivity index (χ1) is 10.1. The Bertz CT molecular complexity index is 553. The highest BCUT2D eigenvalue weighted by Gasteiger charge is 2.62. The van der Waals surface area contributed by atoms with Crippen LogP contribution in [0.5, 0.6) is 0 Å². The van der Waals surface area contributed by atoms with Crippen LogP contribution in [0.25, 0.3) is 0 Å². The van der Waals surface area contributed by atoms with E-state index in [9.17, 15) is 4.79 Å². The molecule has 1 aromatic rings. The molecule has 0 saturated carbocycles. The van der Waals surface area contributed by atoms with Crippen LogP contribution >= 0.6 is 0 Å². The van der Waals surface area contributed by atoms with E-state index in [1.54, 1.807) is 0 Å². The third-order valence-electron chi connectivity index (χ3n) is 5.32. The molecule has 112 valence electrons. The number of carbonyl (C=O) groups is 1. The highest BCUT2D eigenvalue weighted by Crippen LogP contribution is 2.52. The van der Waals surface area contributed by atoms with Gasteiger partial charge in [0.2, 0.25) is 0 Å². The van der Waals surface area contributed by atoms with Gasteiger partial charge < -0.3 is 15.0 Å². The zero-order valence-corrected chi connectivity index (χ0v) is 12.5. The Morgan fingerprint density at radius 3 is 2.62 bits per heavy atom. The van der Waals surface area contributed by atoms with Gasteiger partial charge >= 0.3 is 0 Å². The third kappa shape index (κ3) is 1.86. The first-order valence-electron chi connectivity index (χ1n) is 7.94. The van der Waals surface area contributed by atoms with Gasteiger partial charge in [0, 0.05) is 0 Å². The average Bonchev–Trinajstić information content (AvgIpc) is 2.94. The molecule has 3 aliphatic heterocycles. The van der Waals surface area contributed by atoms with Crippen molar-refractivity contribution in [3.05, 3.63) is 35.9 Å². The van der Waals surface area contributed by atoms with Gasteiger partial charge in [-0.25, -0.2) is 0 Å². The summed E-state index contributed by atoms with van der Waals surface area (Å²) in [5, 5.41) is 3.33. The second-order valence-corrected chi connectivity index (χ2v) is 6.66. The second-order valence-electron chi connectivity index (χ2n) is 6.66. The largest absolute Gasteiger partial charge is 0.339 e. The molecular formula is C17H22N2O2. The Hall–Kier alpha value is -1.39. The van der Waals surface area contributed by atoms with Gasteiger partial charge in [-0.3, -0.25) is 4.79 Å². The highest BCUT2D eigenvalue weighted by molar-refractivity contribution is 5.88. The molecule has 4 heteroatoms. The summed E-state index contributed by atoms with van der Waals surface area (Å²) in [5.41, 5.74) is 0.228. The Morgan fingerprint density at radius 2 is 1.90 bits per heavy atom. The molecule has 3 saturated heterocycles. The first kappa shape index (κ1) is 13.3. The van der Waals surface area contributed by atoms with Gasteiger partial charge in [0.25, 0.3) is 5.91 Å². The predicted molar refractivity (Wildman–Crippen MR) is 79.6 cm³/mol. The second kappa shape index (κ2) is 4.55. The molecule has 1 spiro atoms. The van der Waals surface area contributed by atoms with Crippen molar-refractivity contribution >= 4 is 5.91 Å². The molecule has 3 fully saturated rings. The number of nitrogens with one attached hydrogen (secondary N) is 1. The topological polar surface area (TPSA) is 41.6 Å². The summed E-state index contributed by atoms with van der Waals surface area (Å²) in [5.74, 6) is 0.206. The Morgan fingerprint density at radius 1 is 1.19 bits per heavy atom. The molecule has 0 aliphatic carbocycles. The van der Waals surface area contributed by atoms with Gasteiger partial charge in [-0.15, -0.1) is 0 Å². The zero-order chi connectivity index (χ0) is 14.5. The summed E-state index contributed by atoms with van der Waals surface area (Å²) in [6, 6.07) is 10.5. The molecule has 0 bridgehead atoms. The summed E-state index contributed by atoms with van der Waals surface area (Å²) >= 11 is 0. The molecule has 0 unspecified atom stereocenters. The smallest absolute Gasteiger partial charge is 0.257 e. The molecule has 1 aromatic carbocycles. The van der Waals surface area contributed by atoms with Crippen LogP contribution in [-0.4, -0.2) is 35.2 Å². The van der Waals surface area contributed by atoms with Gasteiger partial charge in [-0.1, -0.05) is 30.3 Å². The number of hydrogen-bond donors (Lipinski definition) is 1. The van der Waals surface area contributed by atoms with Crippen LogP contribution in [0.15, 0.2) is 30.3 Å². The van der Waals surface area contributed by atoms with Crippen LogP contribution in [0.4, 0.5) is 0 Å². The minimum absolute atomic E-state index is 0.165. The Balaban J connectivity index is 1.69. The van der Waals surface area contributed by atoms with E-state index in [4.69, 9.17) is 4.74 Å². The van der Waals surface area contributed by atoms with Gasteiger partial charge in [0.1, 0.15) is 5.72 Å². The normalized spacial score (nSPS) is 34.4. The first-order valence-corrected chi connectivity index (χ1v) is 7.94. The molecule has 21 heavy (non-hydrogen) atoms. The number of carbonyl (C=O) groups excluding carboxylic acids is 1. The van der Waals surface area contributed by atoms with Crippen molar-refractivity contribution in [2.75, 3.05) is 13.1 Å². The van der Waals surface area contributed by atoms with Crippen LogP contribution in [-0.2, 0) is 9.53 Å². The quantitative estimate of drug-likeness (QED) is 0.860. The van der Waals surface area contributed by atoms with Crippen LogP contribution in [0.1, 0.15) is 44.2 Å². The third-order valence-corrected chi connectivity index (χ3v) is 5.32. The summed E-state index contributed by atoms with van der Waals surface area (Å²) < 4.78 is 6.40. The molecule has 1 N–H and O–H groups in total. The molecule has 0 aromatic heterocycles. The monoisotopic (exact) mass is 286 g/mol. The highest BCUT2D eigenvalue weighted by atomic mass is 16.6. The van der Waals surface area contributed by atoms with E-state index in [1.807, 2.05) is 23.1 Å². The molecule has 3 aliphatic rings. The SMILES string of the molecule is C[C@@]12CC[C@@H](c3ccccc3)N1C(=O)C1(CCNCC1)O2. The minimum atomic E-state index is -0.576. The molecule has 1 amide bonds.